The summed E-state index contributed by atoms with van der Waals surface area (Å²) in [5.74, 6) is 0.126. The zero-order valence-electron chi connectivity index (χ0n) is 13.2. The van der Waals surface area contributed by atoms with E-state index in [-0.39, 0.29) is 10.9 Å². The van der Waals surface area contributed by atoms with Gasteiger partial charge in [0.25, 0.3) is 5.91 Å². The first-order valence-electron chi connectivity index (χ1n) is 7.07. The normalized spacial score (nSPS) is 18.7. The molecule has 1 aliphatic heterocycles. The first kappa shape index (κ1) is 16.5. The number of hydrogen-bond acceptors (Lipinski definition) is 5. The number of carbonyl (C=O) groups is 1. The summed E-state index contributed by atoms with van der Waals surface area (Å²) in [7, 11) is 0. The van der Waals surface area contributed by atoms with E-state index in [4.69, 9.17) is 11.4 Å². The van der Waals surface area contributed by atoms with E-state index in [0.29, 0.717) is 24.5 Å². The van der Waals surface area contributed by atoms with Gasteiger partial charge < -0.3 is 10.0 Å². The molecular weight excluding hydrogens is 300 g/mol. The number of anilines is 1. The average molecular weight is 318 g/mol. The number of rotatable bonds is 4. The van der Waals surface area contributed by atoms with Crippen LogP contribution < -0.4 is 10.3 Å². The number of amides is 1. The van der Waals surface area contributed by atoms with Gasteiger partial charge in [0.1, 0.15) is 5.82 Å². The molecule has 0 bridgehead atoms. The minimum absolute atomic E-state index is 0.207. The molecule has 1 aromatic heterocycles. The predicted octanol–water partition coefficient (Wildman–Crippen LogP) is 1.93. The highest BCUT2D eigenvalue weighted by atomic mass is 16.7. The van der Waals surface area contributed by atoms with Gasteiger partial charge in [0, 0.05) is 19.2 Å². The second-order valence-electron chi connectivity index (χ2n) is 6.08. The lowest BCUT2D eigenvalue weighted by molar-refractivity contribution is -0.625. The molecule has 1 atom stereocenters. The van der Waals surface area contributed by atoms with Crippen LogP contribution >= 0.6 is 0 Å². The van der Waals surface area contributed by atoms with Gasteiger partial charge in [-0.25, -0.2) is 4.85 Å². The van der Waals surface area contributed by atoms with E-state index < -0.39 is 11.6 Å². The van der Waals surface area contributed by atoms with Crippen LogP contribution in [0.1, 0.15) is 27.2 Å². The highest BCUT2D eigenvalue weighted by Gasteiger charge is 2.36. The Kier molecular flexibility index (Phi) is 4.64. The lowest BCUT2D eigenvalue weighted by Gasteiger charge is -2.16. The minimum atomic E-state index is -0.824. The third kappa shape index (κ3) is 4.29. The number of hydrazine groups is 1. The molecule has 1 fully saturated rings. The van der Waals surface area contributed by atoms with Crippen LogP contribution in [0, 0.1) is 11.8 Å². The lowest BCUT2D eigenvalue weighted by atomic mass is 10.1. The number of carbonyl (C=O) groups excluding carboxylic acids is 1. The van der Waals surface area contributed by atoms with Crippen molar-refractivity contribution in [2.24, 2.45) is 5.28 Å². The van der Waals surface area contributed by atoms with E-state index in [1.165, 1.54) is 11.1 Å². The van der Waals surface area contributed by atoms with Crippen LogP contribution in [0.5, 0.6) is 0 Å². The summed E-state index contributed by atoms with van der Waals surface area (Å²) in [5.41, 5.74) is 2.47. The second-order valence-corrected chi connectivity index (χ2v) is 6.08. The van der Waals surface area contributed by atoms with E-state index >= 15 is 0 Å². The average Bonchev–Trinajstić information content (AvgIpc) is 2.84. The van der Waals surface area contributed by atoms with Crippen LogP contribution in [0.15, 0.2) is 23.6 Å². The number of aromatic nitrogens is 1. The third-order valence-corrected chi connectivity index (χ3v) is 2.97. The molecular formula is C14H18N6O3. The Morgan fingerprint density at radius 1 is 1.57 bits per heavy atom. The Morgan fingerprint density at radius 3 is 2.87 bits per heavy atom. The highest BCUT2D eigenvalue weighted by molar-refractivity contribution is 5.98. The summed E-state index contributed by atoms with van der Waals surface area (Å²) in [5, 5.41) is 14.8. The largest absolute Gasteiger partial charge is 0.569 e. The van der Waals surface area contributed by atoms with Gasteiger partial charge in [-0.2, -0.15) is 5.43 Å². The van der Waals surface area contributed by atoms with E-state index in [1.54, 1.807) is 32.9 Å². The van der Waals surface area contributed by atoms with Gasteiger partial charge in [0.2, 0.25) is 17.1 Å². The van der Waals surface area contributed by atoms with Crippen LogP contribution in [0.4, 0.5) is 11.5 Å². The molecule has 1 amide bonds. The molecule has 1 aromatic rings. The highest BCUT2D eigenvalue weighted by Crippen LogP contribution is 2.23. The molecule has 9 heteroatoms. The topological polar surface area (TPSA) is 97.3 Å². The quantitative estimate of drug-likeness (QED) is 0.396. The zero-order chi connectivity index (χ0) is 17.0. The van der Waals surface area contributed by atoms with E-state index in [1.807, 2.05) is 0 Å². The second kappa shape index (κ2) is 6.48. The van der Waals surface area contributed by atoms with Gasteiger partial charge in [-0.05, 0) is 26.8 Å². The molecule has 122 valence electrons. The molecule has 0 unspecified atom stereocenters. The Hall–Kier alpha value is -2.89. The van der Waals surface area contributed by atoms with Crippen LogP contribution in [-0.4, -0.2) is 34.0 Å². The lowest BCUT2D eigenvalue weighted by Crippen LogP contribution is -2.41. The van der Waals surface area contributed by atoms with Crippen molar-refractivity contribution in [3.63, 3.8) is 0 Å². The van der Waals surface area contributed by atoms with E-state index in [0.717, 1.165) is 0 Å². The van der Waals surface area contributed by atoms with Crippen molar-refractivity contribution in [3.05, 3.63) is 35.0 Å². The van der Waals surface area contributed by atoms with Gasteiger partial charge in [-0.1, -0.05) is 6.07 Å². The molecule has 23 heavy (non-hydrogen) atoms. The van der Waals surface area contributed by atoms with Crippen molar-refractivity contribution >= 4 is 17.4 Å². The summed E-state index contributed by atoms with van der Waals surface area (Å²) in [6, 6.07) is 3.19. The molecule has 0 spiro atoms. The van der Waals surface area contributed by atoms with Crippen molar-refractivity contribution in [2.75, 3.05) is 11.4 Å². The van der Waals surface area contributed by atoms with Gasteiger partial charge in [-0.15, -0.1) is 0 Å². The van der Waals surface area contributed by atoms with Crippen LogP contribution in [-0.2, 0) is 9.63 Å². The Labute approximate surface area is 133 Å². The Morgan fingerprint density at radius 2 is 2.30 bits per heavy atom. The summed E-state index contributed by atoms with van der Waals surface area (Å²) < 4.78 is 0. The standard InChI is InChI=1S/C14H18N6O3/c1-14(2,3)17-20(22)18-23-11-7-8-19(13(11)21)12-6-5-10(15-4)9-16-12/h5-6,9,11H,7-8H2,1-3H3,(H,17,18)/t11-/m1/s1. The summed E-state index contributed by atoms with van der Waals surface area (Å²) in [6.45, 7) is 12.7. The van der Waals surface area contributed by atoms with Crippen molar-refractivity contribution < 1.29 is 14.6 Å². The molecule has 9 nitrogen and oxygen atoms in total. The molecule has 2 rings (SSSR count). The van der Waals surface area contributed by atoms with Gasteiger partial charge in [0.15, 0.2) is 0 Å². The molecule has 1 saturated heterocycles. The van der Waals surface area contributed by atoms with Crippen LogP contribution in [0.3, 0.4) is 0 Å². The fourth-order valence-electron chi connectivity index (χ4n) is 1.99. The number of nitrogens with zero attached hydrogens (tertiary/aromatic N) is 5. The third-order valence-electron chi connectivity index (χ3n) is 2.97. The van der Waals surface area contributed by atoms with Crippen molar-refractivity contribution in [2.45, 2.75) is 38.8 Å². The zero-order valence-corrected chi connectivity index (χ0v) is 13.2. The van der Waals surface area contributed by atoms with Crippen LogP contribution in [0.25, 0.3) is 4.85 Å². The number of pyridine rings is 1. The van der Waals surface area contributed by atoms with Crippen molar-refractivity contribution in [3.8, 4) is 0 Å². The SMILES string of the molecule is [C-]#[N+]c1ccc(N2CC[C@@H](O/N=[N+](\[O-])NC(C)(C)C)C2=O)nc1. The molecule has 1 aliphatic rings. The fourth-order valence-corrected chi connectivity index (χ4v) is 1.99. The maximum atomic E-state index is 12.3. The molecule has 0 aliphatic carbocycles. The first-order chi connectivity index (χ1) is 10.8. The summed E-state index contributed by atoms with van der Waals surface area (Å²) in [4.78, 5) is 26.3. The predicted molar refractivity (Wildman–Crippen MR) is 81.3 cm³/mol. The van der Waals surface area contributed by atoms with Gasteiger partial charge in [-0.3, -0.25) is 14.7 Å². The van der Waals surface area contributed by atoms with Gasteiger partial charge in [0.05, 0.1) is 17.1 Å². The number of hydrogen-bond donors (Lipinski definition) is 1. The summed E-state index contributed by atoms with van der Waals surface area (Å²) >= 11 is 0. The van der Waals surface area contributed by atoms with Crippen molar-refractivity contribution in [1.29, 1.82) is 0 Å². The van der Waals surface area contributed by atoms with E-state index in [2.05, 4.69) is 20.5 Å². The monoisotopic (exact) mass is 318 g/mol. The van der Waals surface area contributed by atoms with Crippen molar-refractivity contribution in [1.82, 2.24) is 10.4 Å². The first-order valence-corrected chi connectivity index (χ1v) is 7.07. The number of nitrogens with one attached hydrogen (secondary N) is 1. The Bertz CT molecular complexity index is 644. The maximum Gasteiger partial charge on any atom is 0.272 e. The summed E-state index contributed by atoms with van der Waals surface area (Å²) in [6.07, 6.45) is 0.981. The minimum Gasteiger partial charge on any atom is -0.569 e. The van der Waals surface area contributed by atoms with Crippen LogP contribution in [0.2, 0.25) is 0 Å². The van der Waals surface area contributed by atoms with E-state index in [9.17, 15) is 10.0 Å². The molecule has 0 saturated carbocycles. The molecule has 1 N–H and O–H groups in total. The Balaban J connectivity index is 1.98. The molecule has 0 radical (unpaired) electrons. The fraction of sp³-hybridized carbons (Fsp3) is 0.500. The molecule has 2 heterocycles. The smallest absolute Gasteiger partial charge is 0.272 e. The van der Waals surface area contributed by atoms with Gasteiger partial charge >= 0.3 is 0 Å². The maximum absolute atomic E-state index is 12.3. The molecule has 0 aromatic carbocycles.